The smallest absolute Gasteiger partial charge is 0.265 e. The number of amides is 1. The minimum Gasteiger partial charge on any atom is -0.493 e. The molecule has 2 aliphatic rings. The van der Waals surface area contributed by atoms with Gasteiger partial charge in [0.15, 0.2) is 4.75 Å². The van der Waals surface area contributed by atoms with Crippen molar-refractivity contribution in [2.45, 2.75) is 50.2 Å². The van der Waals surface area contributed by atoms with Crippen molar-refractivity contribution in [2.24, 2.45) is 5.92 Å². The Labute approximate surface area is 172 Å². The quantitative estimate of drug-likeness (QED) is 0.510. The minimum absolute atomic E-state index is 0. The number of hydrogen-bond acceptors (Lipinski definition) is 5. The van der Waals surface area contributed by atoms with Crippen LogP contribution in [0.4, 0.5) is 0 Å². The van der Waals surface area contributed by atoms with Crippen LogP contribution in [-0.4, -0.2) is 48.3 Å². The molecule has 2 N–H and O–H groups in total. The summed E-state index contributed by atoms with van der Waals surface area (Å²) >= 11 is 0. The molecule has 2 fully saturated rings. The monoisotopic (exact) mass is 432 g/mol. The lowest BCUT2D eigenvalue weighted by Crippen LogP contribution is -2.54. The molecule has 1 aliphatic carbocycles. The number of sulfonamides is 1. The fraction of sp³-hybridized carbons (Fsp3) is 0.632. The lowest BCUT2D eigenvalue weighted by Gasteiger charge is -2.36. The van der Waals surface area contributed by atoms with E-state index in [1.54, 1.807) is 0 Å². The van der Waals surface area contributed by atoms with Crippen LogP contribution in [0.3, 0.4) is 0 Å². The van der Waals surface area contributed by atoms with Gasteiger partial charge in [-0.25, -0.2) is 18.2 Å². The lowest BCUT2D eigenvalue weighted by atomic mass is 9.90. The van der Waals surface area contributed by atoms with E-state index in [1.807, 2.05) is 12.1 Å². The average Bonchev–Trinajstić information content (AvgIpc) is 3.50. The molecular formula is C19H29ClN2O5S. The third-order valence-electron chi connectivity index (χ3n) is 5.62. The first-order valence-corrected chi connectivity index (χ1v) is 10.9. The van der Waals surface area contributed by atoms with E-state index in [0.29, 0.717) is 31.8 Å². The maximum absolute atomic E-state index is 12.8. The SMILES string of the molecule is CC(C)(C(=O)NO)S(=O)(=O)N1CCC(c2ccc(OCC3CC3)cc2)CC1.Cl. The Hall–Kier alpha value is -1.35. The van der Waals surface area contributed by atoms with E-state index in [1.165, 1.54) is 42.0 Å². The van der Waals surface area contributed by atoms with Crippen LogP contribution in [0.1, 0.15) is 51.0 Å². The molecule has 1 aromatic carbocycles. The molecule has 1 saturated heterocycles. The topological polar surface area (TPSA) is 95.9 Å². The predicted octanol–water partition coefficient (Wildman–Crippen LogP) is 2.69. The summed E-state index contributed by atoms with van der Waals surface area (Å²) in [5.74, 6) is 0.950. The molecule has 0 aromatic heterocycles. The zero-order valence-electron chi connectivity index (χ0n) is 16.3. The van der Waals surface area contributed by atoms with Crippen LogP contribution >= 0.6 is 12.4 Å². The summed E-state index contributed by atoms with van der Waals surface area (Å²) in [6.07, 6.45) is 3.91. The summed E-state index contributed by atoms with van der Waals surface area (Å²) in [6, 6.07) is 8.07. The first-order chi connectivity index (χ1) is 12.8. The molecule has 7 nitrogen and oxygen atoms in total. The van der Waals surface area contributed by atoms with Crippen LogP contribution in [0, 0.1) is 5.92 Å². The molecule has 0 radical (unpaired) electrons. The average molecular weight is 433 g/mol. The van der Waals surface area contributed by atoms with Crippen LogP contribution in [0.25, 0.3) is 0 Å². The Morgan fingerprint density at radius 2 is 1.75 bits per heavy atom. The molecule has 0 unspecified atom stereocenters. The number of halogens is 1. The Morgan fingerprint density at radius 1 is 1.18 bits per heavy atom. The van der Waals surface area contributed by atoms with Gasteiger partial charge < -0.3 is 4.74 Å². The van der Waals surface area contributed by atoms with Crippen LogP contribution in [0.15, 0.2) is 24.3 Å². The van der Waals surface area contributed by atoms with Crippen LogP contribution in [0.2, 0.25) is 0 Å². The van der Waals surface area contributed by atoms with Crippen molar-refractivity contribution in [1.82, 2.24) is 9.79 Å². The Balaban J connectivity index is 0.00000280. The zero-order valence-corrected chi connectivity index (χ0v) is 17.9. The van der Waals surface area contributed by atoms with E-state index in [9.17, 15) is 13.2 Å². The third-order valence-corrected chi connectivity index (χ3v) is 8.14. The molecular weight excluding hydrogens is 404 g/mol. The number of nitrogens with one attached hydrogen (secondary N) is 1. The van der Waals surface area contributed by atoms with Gasteiger partial charge in [0.1, 0.15) is 5.75 Å². The number of hydroxylamine groups is 1. The number of carbonyl (C=O) groups is 1. The third kappa shape index (κ3) is 4.79. The summed E-state index contributed by atoms with van der Waals surface area (Å²) in [5, 5.41) is 8.82. The summed E-state index contributed by atoms with van der Waals surface area (Å²) < 4.78 is 30.9. The molecule has 28 heavy (non-hydrogen) atoms. The van der Waals surface area contributed by atoms with Crippen LogP contribution < -0.4 is 10.2 Å². The van der Waals surface area contributed by atoms with Gasteiger partial charge in [-0.15, -0.1) is 12.4 Å². The number of hydrogen-bond donors (Lipinski definition) is 2. The standard InChI is InChI=1S/C19H28N2O5S.ClH/c1-19(2,18(22)20-23)27(24,25)21-11-9-16(10-12-21)15-5-7-17(8-6-15)26-13-14-3-4-14;/h5-8,14,16,23H,3-4,9-13H2,1-2H3,(H,20,22);1H. The summed E-state index contributed by atoms with van der Waals surface area (Å²) in [6.45, 7) is 4.11. The first-order valence-electron chi connectivity index (χ1n) is 9.42. The van der Waals surface area contributed by atoms with Gasteiger partial charge in [0.05, 0.1) is 6.61 Å². The van der Waals surface area contributed by atoms with E-state index < -0.39 is 20.7 Å². The molecule has 3 rings (SSSR count). The number of rotatable bonds is 7. The second kappa shape index (κ2) is 8.98. The van der Waals surface area contributed by atoms with Crippen molar-refractivity contribution in [3.05, 3.63) is 29.8 Å². The summed E-state index contributed by atoms with van der Waals surface area (Å²) in [5.41, 5.74) is 2.63. The fourth-order valence-corrected chi connectivity index (χ4v) is 4.96. The Morgan fingerprint density at radius 3 is 2.25 bits per heavy atom. The number of ether oxygens (including phenoxy) is 1. The van der Waals surface area contributed by atoms with Gasteiger partial charge in [-0.05, 0) is 69.1 Å². The van der Waals surface area contributed by atoms with Gasteiger partial charge in [-0.1, -0.05) is 12.1 Å². The van der Waals surface area contributed by atoms with Crippen LogP contribution in [0.5, 0.6) is 5.75 Å². The van der Waals surface area contributed by atoms with Crippen molar-refractivity contribution in [2.75, 3.05) is 19.7 Å². The highest BCUT2D eigenvalue weighted by molar-refractivity contribution is 7.91. The lowest BCUT2D eigenvalue weighted by molar-refractivity contribution is -0.131. The molecule has 0 bridgehead atoms. The number of benzene rings is 1. The Kier molecular flexibility index (Phi) is 7.36. The maximum atomic E-state index is 12.8. The summed E-state index contributed by atoms with van der Waals surface area (Å²) in [7, 11) is -3.85. The van der Waals surface area contributed by atoms with E-state index >= 15 is 0 Å². The predicted molar refractivity (Wildman–Crippen MR) is 108 cm³/mol. The van der Waals surface area contributed by atoms with Gasteiger partial charge in [0.2, 0.25) is 10.0 Å². The summed E-state index contributed by atoms with van der Waals surface area (Å²) in [4.78, 5) is 11.8. The molecule has 1 aliphatic heterocycles. The van der Waals surface area contributed by atoms with Crippen LogP contribution in [-0.2, 0) is 14.8 Å². The van der Waals surface area contributed by atoms with Crippen molar-refractivity contribution in [1.29, 1.82) is 0 Å². The second-order valence-corrected chi connectivity index (χ2v) is 10.4. The normalized spacial score (nSPS) is 19.0. The largest absolute Gasteiger partial charge is 0.493 e. The van der Waals surface area contributed by atoms with Crippen molar-refractivity contribution < 1.29 is 23.2 Å². The van der Waals surface area contributed by atoms with E-state index in [2.05, 4.69) is 12.1 Å². The number of carbonyl (C=O) groups excluding carboxylic acids is 1. The molecule has 1 amide bonds. The minimum atomic E-state index is -3.85. The first kappa shape index (κ1) is 22.9. The van der Waals surface area contributed by atoms with Gasteiger partial charge in [0.25, 0.3) is 5.91 Å². The van der Waals surface area contributed by atoms with Gasteiger partial charge in [-0.3, -0.25) is 10.0 Å². The van der Waals surface area contributed by atoms with E-state index in [0.717, 1.165) is 12.4 Å². The maximum Gasteiger partial charge on any atom is 0.265 e. The molecule has 1 aromatic rings. The molecule has 0 atom stereocenters. The number of piperidine rings is 1. The molecule has 0 spiro atoms. The highest BCUT2D eigenvalue weighted by atomic mass is 35.5. The van der Waals surface area contributed by atoms with Crippen molar-refractivity contribution >= 4 is 28.3 Å². The molecule has 1 heterocycles. The van der Waals surface area contributed by atoms with Gasteiger partial charge >= 0.3 is 0 Å². The highest BCUT2D eigenvalue weighted by Gasteiger charge is 2.46. The van der Waals surface area contributed by atoms with Crippen molar-refractivity contribution in [3.8, 4) is 5.75 Å². The number of nitrogens with zero attached hydrogens (tertiary/aromatic N) is 1. The molecule has 158 valence electrons. The van der Waals surface area contributed by atoms with E-state index in [4.69, 9.17) is 9.94 Å². The highest BCUT2D eigenvalue weighted by Crippen LogP contribution is 2.33. The molecule has 9 heteroatoms. The Bertz CT molecular complexity index is 770. The van der Waals surface area contributed by atoms with E-state index in [-0.39, 0.29) is 18.3 Å². The van der Waals surface area contributed by atoms with Crippen molar-refractivity contribution in [3.63, 3.8) is 0 Å². The van der Waals surface area contributed by atoms with Gasteiger partial charge in [0, 0.05) is 13.1 Å². The second-order valence-electron chi connectivity index (χ2n) is 7.95. The fourth-order valence-electron chi connectivity index (χ4n) is 3.34. The molecule has 1 saturated carbocycles. The van der Waals surface area contributed by atoms with Gasteiger partial charge in [-0.2, -0.15) is 0 Å². The zero-order chi connectivity index (χ0) is 19.7.